The van der Waals surface area contributed by atoms with Crippen molar-refractivity contribution < 1.29 is 19.2 Å². The van der Waals surface area contributed by atoms with Crippen LogP contribution in [-0.4, -0.2) is 41.0 Å². The highest BCUT2D eigenvalue weighted by Crippen LogP contribution is 2.23. The molecule has 0 heterocycles. The number of hydrogen-bond acceptors (Lipinski definition) is 5. The third-order valence-electron chi connectivity index (χ3n) is 3.54. The van der Waals surface area contributed by atoms with Crippen LogP contribution in [0.5, 0.6) is 0 Å². The normalized spacial score (nSPS) is 12.2. The number of carbonyl (C=O) groups excluding carboxylic acids is 2. The topological polar surface area (TPSA) is 102 Å². The smallest absolute Gasteiger partial charge is 0.407 e. The van der Waals surface area contributed by atoms with E-state index in [1.165, 1.54) is 17.0 Å². The molecule has 0 aliphatic rings. The van der Waals surface area contributed by atoms with Gasteiger partial charge in [-0.2, -0.15) is 0 Å². The Balaban J connectivity index is 2.57. The second kappa shape index (κ2) is 8.46. The van der Waals surface area contributed by atoms with Crippen LogP contribution < -0.4 is 5.32 Å². The van der Waals surface area contributed by atoms with E-state index in [4.69, 9.17) is 4.74 Å². The highest BCUT2D eigenvalue weighted by Gasteiger charge is 2.20. The lowest BCUT2D eigenvalue weighted by atomic mass is 10.1. The maximum absolute atomic E-state index is 12.2. The molecule has 1 rings (SSSR count). The van der Waals surface area contributed by atoms with Gasteiger partial charge in [-0.3, -0.25) is 14.9 Å². The number of nitrogens with zero attached hydrogens (tertiary/aromatic N) is 2. The quantitative estimate of drug-likeness (QED) is 0.627. The maximum atomic E-state index is 12.2. The zero-order valence-corrected chi connectivity index (χ0v) is 15.2. The summed E-state index contributed by atoms with van der Waals surface area (Å²) in [6.07, 6.45) is -0.468. The molecular weight excluding hydrogens is 326 g/mol. The number of carbonyl (C=O) groups is 2. The molecule has 0 bridgehead atoms. The molecule has 8 nitrogen and oxygen atoms in total. The molecule has 0 radical (unpaired) electrons. The van der Waals surface area contributed by atoms with E-state index in [9.17, 15) is 19.7 Å². The monoisotopic (exact) mass is 351 g/mol. The molecule has 8 heteroatoms. The van der Waals surface area contributed by atoms with E-state index >= 15 is 0 Å². The number of non-ortho nitro benzene ring substituents is 1. The molecule has 0 aliphatic carbocycles. The lowest BCUT2D eigenvalue weighted by molar-refractivity contribution is -0.384. The largest absolute Gasteiger partial charge is 0.444 e. The molecule has 0 saturated heterocycles. The lowest BCUT2D eigenvalue weighted by Crippen LogP contribution is -2.36. The Morgan fingerprint density at radius 3 is 2.56 bits per heavy atom. The maximum Gasteiger partial charge on any atom is 0.407 e. The molecule has 0 spiro atoms. The lowest BCUT2D eigenvalue weighted by Gasteiger charge is -2.25. The van der Waals surface area contributed by atoms with Gasteiger partial charge in [-0.25, -0.2) is 4.79 Å². The van der Waals surface area contributed by atoms with E-state index in [0.29, 0.717) is 5.56 Å². The van der Waals surface area contributed by atoms with Crippen molar-refractivity contribution in [2.45, 2.75) is 45.8 Å². The molecule has 0 unspecified atom stereocenters. The van der Waals surface area contributed by atoms with Crippen LogP contribution in [0.25, 0.3) is 0 Å². The Kier molecular flexibility index (Phi) is 6.90. The summed E-state index contributed by atoms with van der Waals surface area (Å²) in [6.45, 7) is 7.21. The van der Waals surface area contributed by atoms with E-state index in [1.54, 1.807) is 46.9 Å². The minimum atomic E-state index is -0.596. The van der Waals surface area contributed by atoms with E-state index in [1.807, 2.05) is 0 Å². The molecule has 0 aliphatic heterocycles. The fraction of sp³-hybridized carbons (Fsp3) is 0.529. The second-order valence-electron chi connectivity index (χ2n) is 6.71. The second-order valence-corrected chi connectivity index (χ2v) is 6.71. The fourth-order valence-corrected chi connectivity index (χ4v) is 2.10. The van der Waals surface area contributed by atoms with E-state index in [-0.39, 0.29) is 30.6 Å². The molecule has 2 amide bonds. The SMILES string of the molecule is C[C@H](c1cccc([N+](=O)[O-])c1)N(C)C(=O)CCNC(=O)OC(C)(C)C. The summed E-state index contributed by atoms with van der Waals surface area (Å²) in [5.41, 5.74) is 0.0588. The molecule has 0 saturated carbocycles. The number of rotatable bonds is 6. The minimum Gasteiger partial charge on any atom is -0.444 e. The Bertz CT molecular complexity index is 639. The van der Waals surface area contributed by atoms with Gasteiger partial charge in [-0.1, -0.05) is 12.1 Å². The van der Waals surface area contributed by atoms with Gasteiger partial charge in [0, 0.05) is 32.1 Å². The first-order valence-electron chi connectivity index (χ1n) is 7.98. The first-order valence-corrected chi connectivity index (χ1v) is 7.98. The number of nitro groups is 1. The highest BCUT2D eigenvalue weighted by atomic mass is 16.6. The van der Waals surface area contributed by atoms with Crippen molar-refractivity contribution in [2.24, 2.45) is 0 Å². The Morgan fingerprint density at radius 1 is 1.36 bits per heavy atom. The first-order chi connectivity index (χ1) is 11.5. The standard InChI is InChI=1S/C17H25N3O5/c1-12(13-7-6-8-14(11-13)20(23)24)19(5)15(21)9-10-18-16(22)25-17(2,3)4/h6-8,11-12H,9-10H2,1-5H3,(H,18,22)/t12-/m1/s1. The van der Waals surface area contributed by atoms with Crippen LogP contribution in [0.2, 0.25) is 0 Å². The third-order valence-corrected chi connectivity index (χ3v) is 3.54. The van der Waals surface area contributed by atoms with Gasteiger partial charge in [0.05, 0.1) is 11.0 Å². The van der Waals surface area contributed by atoms with E-state index in [0.717, 1.165) is 0 Å². The minimum absolute atomic E-state index is 0.0169. The van der Waals surface area contributed by atoms with Crippen LogP contribution in [0.15, 0.2) is 24.3 Å². The number of ether oxygens (including phenoxy) is 1. The van der Waals surface area contributed by atoms with E-state index < -0.39 is 16.6 Å². The van der Waals surface area contributed by atoms with Crippen molar-refractivity contribution in [2.75, 3.05) is 13.6 Å². The third kappa shape index (κ3) is 6.78. The highest BCUT2D eigenvalue weighted by molar-refractivity contribution is 5.77. The fourth-order valence-electron chi connectivity index (χ4n) is 2.10. The summed E-state index contributed by atoms with van der Waals surface area (Å²) in [7, 11) is 1.62. The van der Waals surface area contributed by atoms with Gasteiger partial charge in [0.2, 0.25) is 5.91 Å². The number of amides is 2. The predicted octanol–water partition coefficient (Wildman–Crippen LogP) is 3.03. The molecule has 1 aromatic carbocycles. The molecule has 1 atom stereocenters. The zero-order chi connectivity index (χ0) is 19.2. The molecule has 0 fully saturated rings. The predicted molar refractivity (Wildman–Crippen MR) is 93.1 cm³/mol. The molecular formula is C17H25N3O5. The number of nitrogens with one attached hydrogen (secondary N) is 1. The van der Waals surface area contributed by atoms with Crippen LogP contribution in [-0.2, 0) is 9.53 Å². The first kappa shape index (κ1) is 20.4. The Labute approximate surface area is 147 Å². The van der Waals surface area contributed by atoms with Crippen molar-refractivity contribution in [1.29, 1.82) is 0 Å². The molecule has 1 aromatic rings. The molecule has 1 N–H and O–H groups in total. The van der Waals surface area contributed by atoms with Crippen LogP contribution >= 0.6 is 0 Å². The van der Waals surface area contributed by atoms with Gasteiger partial charge < -0.3 is 15.0 Å². The van der Waals surface area contributed by atoms with Gasteiger partial charge in [-0.05, 0) is 33.3 Å². The molecule has 0 aromatic heterocycles. The van der Waals surface area contributed by atoms with Crippen molar-refractivity contribution in [3.63, 3.8) is 0 Å². The van der Waals surface area contributed by atoms with Gasteiger partial charge in [-0.15, -0.1) is 0 Å². The van der Waals surface area contributed by atoms with E-state index in [2.05, 4.69) is 5.32 Å². The molecule has 25 heavy (non-hydrogen) atoms. The average Bonchev–Trinajstić information content (AvgIpc) is 2.51. The van der Waals surface area contributed by atoms with Gasteiger partial charge in [0.1, 0.15) is 5.60 Å². The summed E-state index contributed by atoms with van der Waals surface area (Å²) >= 11 is 0. The van der Waals surface area contributed by atoms with Crippen molar-refractivity contribution in [3.8, 4) is 0 Å². The Hall–Kier alpha value is -2.64. The molecule has 138 valence electrons. The number of nitro benzene ring substituents is 1. The summed E-state index contributed by atoms with van der Waals surface area (Å²) in [4.78, 5) is 35.7. The van der Waals surface area contributed by atoms with Crippen molar-refractivity contribution in [1.82, 2.24) is 10.2 Å². The number of hydrogen-bond donors (Lipinski definition) is 1. The summed E-state index contributed by atoms with van der Waals surface area (Å²) in [5, 5.41) is 13.4. The van der Waals surface area contributed by atoms with Crippen molar-refractivity contribution in [3.05, 3.63) is 39.9 Å². The summed E-state index contributed by atoms with van der Waals surface area (Å²) in [5.74, 6) is -0.185. The van der Waals surface area contributed by atoms with Gasteiger partial charge in [0.25, 0.3) is 5.69 Å². The summed E-state index contributed by atoms with van der Waals surface area (Å²) in [6, 6.07) is 5.86. The zero-order valence-electron chi connectivity index (χ0n) is 15.2. The van der Waals surface area contributed by atoms with Crippen molar-refractivity contribution >= 4 is 17.7 Å². The Morgan fingerprint density at radius 2 is 2.00 bits per heavy atom. The average molecular weight is 351 g/mol. The van der Waals surface area contributed by atoms with Crippen LogP contribution in [0.4, 0.5) is 10.5 Å². The van der Waals surface area contributed by atoms with Gasteiger partial charge in [0.15, 0.2) is 0 Å². The van der Waals surface area contributed by atoms with Crippen LogP contribution in [0, 0.1) is 10.1 Å². The van der Waals surface area contributed by atoms with Crippen LogP contribution in [0.3, 0.4) is 0 Å². The van der Waals surface area contributed by atoms with Gasteiger partial charge >= 0.3 is 6.09 Å². The van der Waals surface area contributed by atoms with Crippen LogP contribution in [0.1, 0.15) is 45.7 Å². The number of benzene rings is 1. The summed E-state index contributed by atoms with van der Waals surface area (Å²) < 4.78 is 5.09. The number of alkyl carbamates (subject to hydrolysis) is 1.